The third-order valence-corrected chi connectivity index (χ3v) is 3.33. The van der Waals surface area contributed by atoms with Crippen LogP contribution in [0.5, 0.6) is 0 Å². The zero-order valence-corrected chi connectivity index (χ0v) is 10.3. The summed E-state index contributed by atoms with van der Waals surface area (Å²) >= 11 is 0. The molecule has 0 N–H and O–H groups in total. The van der Waals surface area contributed by atoms with Crippen LogP contribution in [-0.4, -0.2) is 24.0 Å². The predicted molar refractivity (Wildman–Crippen MR) is 69.6 cm³/mol. The zero-order chi connectivity index (χ0) is 11.9. The van der Waals surface area contributed by atoms with Gasteiger partial charge in [-0.25, -0.2) is 0 Å². The quantitative estimate of drug-likeness (QED) is 0.717. The van der Waals surface area contributed by atoms with Gasteiger partial charge in [0.15, 0.2) is 0 Å². The average Bonchev–Trinajstić information content (AvgIpc) is 3.19. The minimum absolute atomic E-state index is 0.668. The molecule has 1 aromatic rings. The summed E-state index contributed by atoms with van der Waals surface area (Å²) in [5, 5.41) is 8.64. The van der Waals surface area contributed by atoms with Crippen LogP contribution in [0.2, 0.25) is 0 Å². The lowest BCUT2D eigenvalue weighted by Crippen LogP contribution is -2.28. The highest BCUT2D eigenvalue weighted by Crippen LogP contribution is 2.27. The van der Waals surface area contributed by atoms with E-state index in [4.69, 9.17) is 5.26 Å². The van der Waals surface area contributed by atoms with Gasteiger partial charge < -0.3 is 0 Å². The average molecular weight is 228 g/mol. The highest BCUT2D eigenvalue weighted by Gasteiger charge is 2.27. The summed E-state index contributed by atoms with van der Waals surface area (Å²) in [6, 6.07) is 13.7. The van der Waals surface area contributed by atoms with Gasteiger partial charge in [-0.05, 0) is 37.8 Å². The van der Waals surface area contributed by atoms with Crippen molar-refractivity contribution in [2.75, 3.05) is 13.1 Å². The summed E-state index contributed by atoms with van der Waals surface area (Å²) in [5.74, 6) is 0. The fourth-order valence-corrected chi connectivity index (χ4v) is 2.24. The van der Waals surface area contributed by atoms with E-state index < -0.39 is 0 Å². The van der Waals surface area contributed by atoms with Crippen molar-refractivity contribution in [3.8, 4) is 6.07 Å². The number of nitriles is 1. The van der Waals surface area contributed by atoms with Gasteiger partial charge in [0.2, 0.25) is 0 Å². The molecular formula is C15H20N2. The molecule has 0 amide bonds. The van der Waals surface area contributed by atoms with Crippen LogP contribution in [0.15, 0.2) is 30.3 Å². The summed E-state index contributed by atoms with van der Waals surface area (Å²) in [6.07, 6.45) is 5.68. The van der Waals surface area contributed by atoms with E-state index in [1.54, 1.807) is 0 Å². The third-order valence-electron chi connectivity index (χ3n) is 3.33. The standard InChI is InChI=1S/C15H20N2/c16-11-5-13-17(15-9-10-15)12-4-8-14-6-2-1-3-7-14/h1-3,6-7,15H,4-5,8-10,12-13H2. The van der Waals surface area contributed by atoms with E-state index in [2.05, 4.69) is 41.3 Å². The summed E-state index contributed by atoms with van der Waals surface area (Å²) in [5.41, 5.74) is 1.42. The fourth-order valence-electron chi connectivity index (χ4n) is 2.24. The van der Waals surface area contributed by atoms with Gasteiger partial charge in [0, 0.05) is 19.0 Å². The number of aryl methyl sites for hydroxylation is 1. The van der Waals surface area contributed by atoms with Crippen molar-refractivity contribution < 1.29 is 0 Å². The minimum atomic E-state index is 0.668. The van der Waals surface area contributed by atoms with Gasteiger partial charge in [0.1, 0.15) is 0 Å². The van der Waals surface area contributed by atoms with E-state index in [1.165, 1.54) is 24.8 Å². The van der Waals surface area contributed by atoms with E-state index >= 15 is 0 Å². The monoisotopic (exact) mass is 228 g/mol. The Morgan fingerprint density at radius 3 is 2.59 bits per heavy atom. The summed E-state index contributed by atoms with van der Waals surface area (Å²) < 4.78 is 0. The molecule has 2 heteroatoms. The van der Waals surface area contributed by atoms with E-state index in [1.807, 2.05) is 0 Å². The fraction of sp³-hybridized carbons (Fsp3) is 0.533. The molecule has 1 fully saturated rings. The van der Waals surface area contributed by atoms with Crippen molar-refractivity contribution in [3.63, 3.8) is 0 Å². The lowest BCUT2D eigenvalue weighted by Gasteiger charge is -2.20. The molecule has 1 aliphatic rings. The van der Waals surface area contributed by atoms with Gasteiger partial charge in [-0.1, -0.05) is 30.3 Å². The Morgan fingerprint density at radius 1 is 1.18 bits per heavy atom. The van der Waals surface area contributed by atoms with Crippen LogP contribution >= 0.6 is 0 Å². The van der Waals surface area contributed by atoms with Crippen molar-refractivity contribution in [1.29, 1.82) is 5.26 Å². The van der Waals surface area contributed by atoms with E-state index in [0.717, 1.165) is 25.6 Å². The van der Waals surface area contributed by atoms with Crippen LogP contribution in [0.3, 0.4) is 0 Å². The molecule has 0 atom stereocenters. The number of hydrogen-bond acceptors (Lipinski definition) is 2. The largest absolute Gasteiger partial charge is 0.299 e. The number of hydrogen-bond donors (Lipinski definition) is 0. The Bertz CT molecular complexity index is 362. The first-order valence-corrected chi connectivity index (χ1v) is 6.55. The van der Waals surface area contributed by atoms with E-state index in [-0.39, 0.29) is 0 Å². The molecule has 0 unspecified atom stereocenters. The highest BCUT2D eigenvalue weighted by atomic mass is 15.2. The Labute approximate surface area is 104 Å². The van der Waals surface area contributed by atoms with Crippen LogP contribution in [0.25, 0.3) is 0 Å². The minimum Gasteiger partial charge on any atom is -0.299 e. The van der Waals surface area contributed by atoms with Crippen molar-refractivity contribution >= 4 is 0 Å². The Balaban J connectivity index is 1.70. The molecule has 1 aromatic carbocycles. The maximum atomic E-state index is 8.64. The highest BCUT2D eigenvalue weighted by molar-refractivity contribution is 5.14. The van der Waals surface area contributed by atoms with Crippen LogP contribution in [0, 0.1) is 11.3 Å². The molecule has 0 spiro atoms. The predicted octanol–water partition coefficient (Wildman–Crippen LogP) is 3.00. The normalized spacial score (nSPS) is 14.8. The summed E-state index contributed by atoms with van der Waals surface area (Å²) in [7, 11) is 0. The van der Waals surface area contributed by atoms with E-state index in [9.17, 15) is 0 Å². The molecular weight excluding hydrogens is 208 g/mol. The number of rotatable bonds is 7. The molecule has 1 saturated carbocycles. The molecule has 0 bridgehead atoms. The van der Waals surface area contributed by atoms with E-state index in [0.29, 0.717) is 6.42 Å². The number of benzene rings is 1. The SMILES string of the molecule is N#CCCN(CCCc1ccccc1)C1CC1. The Morgan fingerprint density at radius 2 is 1.94 bits per heavy atom. The molecule has 2 rings (SSSR count). The van der Waals surface area contributed by atoms with Crippen LogP contribution in [0.1, 0.15) is 31.2 Å². The number of nitrogens with zero attached hydrogens (tertiary/aromatic N) is 2. The molecule has 0 aromatic heterocycles. The molecule has 1 aliphatic carbocycles. The maximum Gasteiger partial charge on any atom is 0.0635 e. The summed E-state index contributed by atoms with van der Waals surface area (Å²) in [4.78, 5) is 2.49. The first-order valence-electron chi connectivity index (χ1n) is 6.55. The Hall–Kier alpha value is -1.33. The van der Waals surface area contributed by atoms with Crippen LogP contribution in [-0.2, 0) is 6.42 Å². The van der Waals surface area contributed by atoms with Gasteiger partial charge in [0.05, 0.1) is 6.07 Å². The molecule has 0 radical (unpaired) electrons. The molecule has 2 nitrogen and oxygen atoms in total. The van der Waals surface area contributed by atoms with Gasteiger partial charge in [-0.15, -0.1) is 0 Å². The maximum absolute atomic E-state index is 8.64. The molecule has 17 heavy (non-hydrogen) atoms. The first kappa shape index (κ1) is 12.1. The van der Waals surface area contributed by atoms with Crippen LogP contribution < -0.4 is 0 Å². The molecule has 0 saturated heterocycles. The van der Waals surface area contributed by atoms with Crippen LogP contribution in [0.4, 0.5) is 0 Å². The second kappa shape index (κ2) is 6.42. The topological polar surface area (TPSA) is 27.0 Å². The van der Waals surface area contributed by atoms with Gasteiger partial charge in [-0.2, -0.15) is 5.26 Å². The molecule has 0 aliphatic heterocycles. The third kappa shape index (κ3) is 4.20. The van der Waals surface area contributed by atoms with Gasteiger partial charge in [-0.3, -0.25) is 4.90 Å². The van der Waals surface area contributed by atoms with Gasteiger partial charge >= 0.3 is 0 Å². The second-order valence-electron chi connectivity index (χ2n) is 4.76. The van der Waals surface area contributed by atoms with Gasteiger partial charge in [0.25, 0.3) is 0 Å². The first-order chi connectivity index (χ1) is 8.40. The molecule has 90 valence electrons. The van der Waals surface area contributed by atoms with Crippen molar-refractivity contribution in [3.05, 3.63) is 35.9 Å². The van der Waals surface area contributed by atoms with Crippen molar-refractivity contribution in [1.82, 2.24) is 4.90 Å². The Kier molecular flexibility index (Phi) is 4.58. The van der Waals surface area contributed by atoms with Crippen molar-refractivity contribution in [2.45, 2.75) is 38.1 Å². The lowest BCUT2D eigenvalue weighted by atomic mass is 10.1. The zero-order valence-electron chi connectivity index (χ0n) is 10.3. The molecule has 0 heterocycles. The van der Waals surface area contributed by atoms with Crippen molar-refractivity contribution in [2.24, 2.45) is 0 Å². The lowest BCUT2D eigenvalue weighted by molar-refractivity contribution is 0.266. The smallest absolute Gasteiger partial charge is 0.0635 e. The second-order valence-corrected chi connectivity index (χ2v) is 4.76. The summed E-state index contributed by atoms with van der Waals surface area (Å²) in [6.45, 7) is 2.09.